The number of aromatic nitrogens is 1. The molecule has 0 saturated carbocycles. The van der Waals surface area contributed by atoms with Crippen molar-refractivity contribution < 1.29 is 19.1 Å². The predicted molar refractivity (Wildman–Crippen MR) is 180 cm³/mol. The predicted octanol–water partition coefficient (Wildman–Crippen LogP) is 6.35. The van der Waals surface area contributed by atoms with E-state index in [9.17, 15) is 9.59 Å². The molecular formula is C35H43Cl2N5O4. The first-order valence-electron chi connectivity index (χ1n) is 15.6. The minimum atomic E-state index is -1.97. The Morgan fingerprint density at radius 2 is 1.57 bits per heavy atom. The number of pyridine rings is 1. The van der Waals surface area contributed by atoms with Crippen molar-refractivity contribution in [2.24, 2.45) is 5.73 Å². The smallest absolute Gasteiger partial charge is 0.413 e. The summed E-state index contributed by atoms with van der Waals surface area (Å²) in [5, 5.41) is 7.98. The summed E-state index contributed by atoms with van der Waals surface area (Å²) in [6.07, 6.45) is 1.80. The molecule has 1 aromatic heterocycles. The molecule has 246 valence electrons. The molecule has 9 nitrogen and oxygen atoms in total. The van der Waals surface area contributed by atoms with Crippen LogP contribution >= 0.6 is 23.2 Å². The summed E-state index contributed by atoms with van der Waals surface area (Å²) in [4.78, 5) is 35.4. The highest BCUT2D eigenvalue weighted by atomic mass is 35.5. The second-order valence-electron chi connectivity index (χ2n) is 13.3. The van der Waals surface area contributed by atoms with E-state index in [1.54, 1.807) is 30.5 Å². The van der Waals surface area contributed by atoms with Gasteiger partial charge < -0.3 is 20.5 Å². The third-order valence-electron chi connectivity index (χ3n) is 9.43. The first-order chi connectivity index (χ1) is 21.7. The molecule has 2 aliphatic heterocycles. The number of carbonyl (C=O) groups is 2. The van der Waals surface area contributed by atoms with Crippen molar-refractivity contribution in [1.29, 1.82) is 0 Å². The van der Waals surface area contributed by atoms with E-state index in [4.69, 9.17) is 43.4 Å². The molecule has 4 N–H and O–H groups in total. The van der Waals surface area contributed by atoms with E-state index >= 15 is 0 Å². The Balaban J connectivity index is 1.86. The number of rotatable bonds is 7. The number of piperidine rings is 1. The average molecular weight is 669 g/mol. The van der Waals surface area contributed by atoms with Crippen LogP contribution < -0.4 is 21.1 Å². The lowest BCUT2D eigenvalue weighted by Gasteiger charge is -2.46. The van der Waals surface area contributed by atoms with Crippen LogP contribution in [0, 0.1) is 0 Å². The van der Waals surface area contributed by atoms with Crippen molar-refractivity contribution in [2.45, 2.75) is 82.6 Å². The minimum Gasteiger partial charge on any atom is -0.493 e. The first-order valence-corrected chi connectivity index (χ1v) is 16.4. The van der Waals surface area contributed by atoms with E-state index in [0.717, 1.165) is 11.3 Å². The van der Waals surface area contributed by atoms with Crippen LogP contribution in [-0.2, 0) is 31.7 Å². The van der Waals surface area contributed by atoms with Gasteiger partial charge in [-0.1, -0.05) is 68.2 Å². The third kappa shape index (κ3) is 5.72. The highest BCUT2D eigenvalue weighted by Crippen LogP contribution is 2.58. The van der Waals surface area contributed by atoms with Gasteiger partial charge in [-0.3, -0.25) is 20.0 Å². The third-order valence-corrected chi connectivity index (χ3v) is 9.94. The van der Waals surface area contributed by atoms with Crippen molar-refractivity contribution >= 4 is 35.2 Å². The van der Waals surface area contributed by atoms with Crippen LogP contribution in [0.25, 0.3) is 0 Å². The van der Waals surface area contributed by atoms with Crippen LogP contribution in [0.4, 0.5) is 4.79 Å². The molecule has 0 bridgehead atoms. The summed E-state index contributed by atoms with van der Waals surface area (Å²) in [5.74, 6) is -0.439. The number of hydrogen-bond donors (Lipinski definition) is 3. The molecule has 46 heavy (non-hydrogen) atoms. The van der Waals surface area contributed by atoms with Crippen LogP contribution in [0.1, 0.15) is 76.8 Å². The SMILES string of the molecule is CCOc1cc(C(C)(C)C)ncc1C1(C(N)=O)N[C@@](C)(c2ccc(Cl)cc2)[C@@](C)(c2ccc(Cl)cc2)N1C(=O)OC1CCNCC1. The van der Waals surface area contributed by atoms with Crippen LogP contribution in [-0.4, -0.2) is 47.7 Å². The summed E-state index contributed by atoms with van der Waals surface area (Å²) in [6, 6.07) is 16.3. The van der Waals surface area contributed by atoms with Gasteiger partial charge in [-0.25, -0.2) is 4.79 Å². The summed E-state index contributed by atoms with van der Waals surface area (Å²) >= 11 is 12.7. The molecule has 3 aromatic rings. The lowest BCUT2D eigenvalue weighted by atomic mass is 9.71. The molecule has 1 unspecified atom stereocenters. The molecule has 2 fully saturated rings. The minimum absolute atomic E-state index is 0.301. The molecule has 0 spiro atoms. The van der Waals surface area contributed by atoms with Gasteiger partial charge in [0.1, 0.15) is 11.9 Å². The molecule has 0 aliphatic carbocycles. The van der Waals surface area contributed by atoms with E-state index in [1.165, 1.54) is 4.90 Å². The van der Waals surface area contributed by atoms with Gasteiger partial charge >= 0.3 is 6.09 Å². The van der Waals surface area contributed by atoms with Gasteiger partial charge in [-0.15, -0.1) is 0 Å². The highest BCUT2D eigenvalue weighted by Gasteiger charge is 2.71. The number of halogens is 2. The lowest BCUT2D eigenvalue weighted by molar-refractivity contribution is -0.132. The quantitative estimate of drug-likeness (QED) is 0.269. The van der Waals surface area contributed by atoms with Gasteiger partial charge in [0.05, 0.1) is 23.2 Å². The molecule has 3 atom stereocenters. The van der Waals surface area contributed by atoms with Crippen molar-refractivity contribution in [3.05, 3.63) is 93.2 Å². The topological polar surface area (TPSA) is 119 Å². The van der Waals surface area contributed by atoms with E-state index in [0.29, 0.717) is 59.5 Å². The van der Waals surface area contributed by atoms with Gasteiger partial charge in [0.15, 0.2) is 0 Å². The Kier molecular flexibility index (Phi) is 9.36. The molecule has 5 rings (SSSR count). The molecular weight excluding hydrogens is 625 g/mol. The monoisotopic (exact) mass is 667 g/mol. The van der Waals surface area contributed by atoms with Crippen molar-refractivity contribution in [1.82, 2.24) is 20.5 Å². The van der Waals surface area contributed by atoms with Crippen molar-refractivity contribution in [3.8, 4) is 5.75 Å². The molecule has 2 amide bonds. The Hall–Kier alpha value is -3.37. The zero-order valence-corrected chi connectivity index (χ0v) is 28.8. The number of carbonyl (C=O) groups excluding carboxylic acids is 2. The maximum absolute atomic E-state index is 14.9. The average Bonchev–Trinajstić information content (AvgIpc) is 3.24. The Morgan fingerprint density at radius 1 is 1.00 bits per heavy atom. The normalized spacial score (nSPS) is 25.3. The Bertz CT molecular complexity index is 1590. The van der Waals surface area contributed by atoms with Crippen molar-refractivity contribution in [3.63, 3.8) is 0 Å². The maximum atomic E-state index is 14.9. The number of amides is 2. The van der Waals surface area contributed by atoms with E-state index < -0.39 is 28.7 Å². The zero-order valence-electron chi connectivity index (χ0n) is 27.2. The standard InChI is InChI=1S/C35H43Cl2N5O4/c1-7-45-28-20-29(32(2,3)4)40-21-27(28)35(30(38)43)41-33(5,22-8-12-24(36)13-9-22)34(6,23-10-14-25(37)15-11-23)42(35)31(44)46-26-16-18-39-19-17-26/h8-15,20-21,26,39,41H,7,16-19H2,1-6H3,(H2,38,43)/t33-,34+,35?/m0/s1. The van der Waals surface area contributed by atoms with Gasteiger partial charge in [0.25, 0.3) is 5.91 Å². The molecule has 2 aromatic carbocycles. The van der Waals surface area contributed by atoms with Gasteiger partial charge in [-0.05, 0) is 82.1 Å². The second kappa shape index (κ2) is 12.7. The second-order valence-corrected chi connectivity index (χ2v) is 14.2. The highest BCUT2D eigenvalue weighted by molar-refractivity contribution is 6.30. The summed E-state index contributed by atoms with van der Waals surface area (Å²) in [6.45, 7) is 13.6. The zero-order chi connectivity index (χ0) is 33.5. The fourth-order valence-corrected chi connectivity index (χ4v) is 6.99. The number of ether oxygens (including phenoxy) is 2. The molecule has 0 radical (unpaired) electrons. The fourth-order valence-electron chi connectivity index (χ4n) is 6.74. The Morgan fingerprint density at radius 3 is 2.09 bits per heavy atom. The largest absolute Gasteiger partial charge is 0.493 e. The number of hydrogen-bond acceptors (Lipinski definition) is 7. The molecule has 2 aliphatic rings. The number of nitrogens with one attached hydrogen (secondary N) is 2. The van der Waals surface area contributed by atoms with Crippen LogP contribution in [0.5, 0.6) is 5.75 Å². The van der Waals surface area contributed by atoms with Gasteiger partial charge in [-0.2, -0.15) is 0 Å². The van der Waals surface area contributed by atoms with Crippen LogP contribution in [0.15, 0.2) is 60.8 Å². The number of nitrogens with zero attached hydrogens (tertiary/aromatic N) is 2. The molecule has 11 heteroatoms. The number of benzene rings is 2. The summed E-state index contributed by atoms with van der Waals surface area (Å²) in [7, 11) is 0. The van der Waals surface area contributed by atoms with Crippen LogP contribution in [0.3, 0.4) is 0 Å². The molecule has 2 saturated heterocycles. The van der Waals surface area contributed by atoms with Crippen LogP contribution in [0.2, 0.25) is 10.0 Å². The maximum Gasteiger partial charge on any atom is 0.413 e. The number of nitrogens with two attached hydrogens (primary N) is 1. The van der Waals surface area contributed by atoms with E-state index in [1.807, 2.05) is 71.9 Å². The van der Waals surface area contributed by atoms with E-state index in [2.05, 4.69) is 10.6 Å². The van der Waals surface area contributed by atoms with Gasteiger partial charge in [0, 0.05) is 33.4 Å². The fraction of sp³-hybridized carbons (Fsp3) is 0.457. The molecule has 3 heterocycles. The van der Waals surface area contributed by atoms with Crippen molar-refractivity contribution in [2.75, 3.05) is 19.7 Å². The number of primary amides is 1. The first kappa shape index (κ1) is 34.0. The lowest BCUT2D eigenvalue weighted by Crippen LogP contribution is -2.62. The summed E-state index contributed by atoms with van der Waals surface area (Å²) < 4.78 is 12.5. The summed E-state index contributed by atoms with van der Waals surface area (Å²) in [5.41, 5.74) is 4.24. The Labute approximate surface area is 281 Å². The van der Waals surface area contributed by atoms with Gasteiger partial charge in [0.2, 0.25) is 5.66 Å². The van der Waals surface area contributed by atoms with E-state index in [-0.39, 0.29) is 11.5 Å².